The molecule has 0 unspecified atom stereocenters. The second-order valence-electron chi connectivity index (χ2n) is 5.69. The van der Waals surface area contributed by atoms with Gasteiger partial charge in [-0.05, 0) is 48.3 Å². The molecular formula is C19H26BrNO4. The number of rotatable bonds is 9. The number of carbonyl (C=O) groups is 1. The van der Waals surface area contributed by atoms with E-state index in [9.17, 15) is 4.79 Å². The van der Waals surface area contributed by atoms with E-state index in [1.54, 1.807) is 7.11 Å². The topological polar surface area (TPSA) is 49.7 Å². The van der Waals surface area contributed by atoms with Crippen LogP contribution in [0, 0.1) is 0 Å². The van der Waals surface area contributed by atoms with Crippen LogP contribution in [0.25, 0.3) is 10.9 Å². The maximum atomic E-state index is 12.7. The van der Waals surface area contributed by atoms with E-state index in [4.69, 9.17) is 14.2 Å². The van der Waals surface area contributed by atoms with E-state index in [1.807, 2.05) is 26.0 Å². The quantitative estimate of drug-likeness (QED) is 0.549. The van der Waals surface area contributed by atoms with Crippen molar-refractivity contribution in [3.8, 4) is 5.75 Å². The van der Waals surface area contributed by atoms with Crippen molar-refractivity contribution in [3.05, 3.63) is 27.9 Å². The monoisotopic (exact) mass is 411 g/mol. The Morgan fingerprint density at radius 3 is 2.56 bits per heavy atom. The average Bonchev–Trinajstić information content (AvgIpc) is 2.89. The van der Waals surface area contributed by atoms with Crippen molar-refractivity contribution < 1.29 is 19.0 Å². The van der Waals surface area contributed by atoms with Crippen LogP contribution in [-0.4, -0.2) is 30.9 Å². The molecule has 0 bridgehead atoms. The van der Waals surface area contributed by atoms with Gasteiger partial charge in [0.1, 0.15) is 5.75 Å². The second-order valence-corrected chi connectivity index (χ2v) is 6.54. The van der Waals surface area contributed by atoms with E-state index in [2.05, 4.69) is 27.4 Å². The number of aromatic nitrogens is 1. The Labute approximate surface area is 157 Å². The van der Waals surface area contributed by atoms with Crippen LogP contribution in [0.15, 0.2) is 16.6 Å². The number of carbonyl (C=O) groups excluding carboxylic acids is 1. The summed E-state index contributed by atoms with van der Waals surface area (Å²) in [5.74, 6) is 0.371. The molecule has 6 heteroatoms. The lowest BCUT2D eigenvalue weighted by Gasteiger charge is -2.12. The van der Waals surface area contributed by atoms with Gasteiger partial charge in [-0.15, -0.1) is 0 Å². The molecule has 0 saturated carbocycles. The number of halogens is 1. The number of benzene rings is 1. The summed E-state index contributed by atoms with van der Waals surface area (Å²) in [5.41, 5.74) is 2.43. The Morgan fingerprint density at radius 1 is 1.20 bits per heavy atom. The van der Waals surface area contributed by atoms with Crippen molar-refractivity contribution in [1.29, 1.82) is 0 Å². The summed E-state index contributed by atoms with van der Waals surface area (Å²) in [6.45, 7) is 8.04. The molecule has 0 radical (unpaired) electrons. The molecule has 1 aromatic carbocycles. The molecule has 0 aliphatic carbocycles. The predicted molar refractivity (Wildman–Crippen MR) is 102 cm³/mol. The molecular weight excluding hydrogens is 386 g/mol. The minimum Gasteiger partial charge on any atom is -0.496 e. The fraction of sp³-hybridized carbons (Fsp3) is 0.526. The van der Waals surface area contributed by atoms with Gasteiger partial charge >= 0.3 is 5.97 Å². The Kier molecular flexibility index (Phi) is 7.32. The minimum absolute atomic E-state index is 0.318. The van der Waals surface area contributed by atoms with E-state index in [1.165, 1.54) is 0 Å². The van der Waals surface area contributed by atoms with E-state index in [0.29, 0.717) is 31.1 Å². The molecule has 2 rings (SSSR count). The number of hydrogen-bond acceptors (Lipinski definition) is 4. The maximum Gasteiger partial charge on any atom is 0.340 e. The highest BCUT2D eigenvalue weighted by molar-refractivity contribution is 9.10. The van der Waals surface area contributed by atoms with Gasteiger partial charge in [0.2, 0.25) is 0 Å². The molecule has 0 atom stereocenters. The van der Waals surface area contributed by atoms with Crippen molar-refractivity contribution in [2.24, 2.45) is 0 Å². The predicted octanol–water partition coefficient (Wildman–Crippen LogP) is 4.93. The molecule has 0 N–H and O–H groups in total. The third-order valence-corrected chi connectivity index (χ3v) is 4.72. The molecule has 0 aliphatic heterocycles. The minimum atomic E-state index is -0.318. The first-order chi connectivity index (χ1) is 12.1. The van der Waals surface area contributed by atoms with Gasteiger partial charge in [0.15, 0.2) is 0 Å². The normalized spacial score (nSPS) is 11.1. The molecule has 5 nitrogen and oxygen atoms in total. The highest BCUT2D eigenvalue weighted by Gasteiger charge is 2.24. The van der Waals surface area contributed by atoms with E-state index < -0.39 is 0 Å². The standard InChI is InChI=1S/C19H26BrNO4/c1-5-8-9-21-15-11-14(20)17(23-4)10-13(15)18(19(22)25-7-3)16(21)12-24-6-2/h10-11H,5-9,12H2,1-4H3. The summed E-state index contributed by atoms with van der Waals surface area (Å²) in [7, 11) is 1.62. The Hall–Kier alpha value is -1.53. The van der Waals surface area contributed by atoms with Crippen molar-refractivity contribution in [2.45, 2.75) is 46.8 Å². The second kappa shape index (κ2) is 9.25. The highest BCUT2D eigenvalue weighted by Crippen LogP contribution is 2.36. The SMILES string of the molecule is CCCCn1c(COCC)c(C(=O)OCC)c2cc(OC)c(Br)cc21. The van der Waals surface area contributed by atoms with E-state index in [0.717, 1.165) is 40.5 Å². The Bertz CT molecular complexity index is 739. The first-order valence-corrected chi connectivity index (χ1v) is 9.51. The summed E-state index contributed by atoms with van der Waals surface area (Å²) in [5, 5.41) is 0.837. The van der Waals surface area contributed by atoms with Gasteiger partial charge in [-0.2, -0.15) is 0 Å². The molecule has 1 heterocycles. The fourth-order valence-corrected chi connectivity index (χ4v) is 3.40. The molecule has 2 aromatic rings. The number of aryl methyl sites for hydroxylation is 1. The first kappa shape index (κ1) is 19.8. The first-order valence-electron chi connectivity index (χ1n) is 8.72. The highest BCUT2D eigenvalue weighted by atomic mass is 79.9. The zero-order chi connectivity index (χ0) is 18.4. The van der Waals surface area contributed by atoms with Crippen molar-refractivity contribution >= 4 is 32.8 Å². The van der Waals surface area contributed by atoms with Gasteiger partial charge in [-0.3, -0.25) is 0 Å². The number of esters is 1. The van der Waals surface area contributed by atoms with Crippen molar-refractivity contribution in [3.63, 3.8) is 0 Å². The number of ether oxygens (including phenoxy) is 3. The van der Waals surface area contributed by atoms with Crippen LogP contribution in [-0.2, 0) is 22.6 Å². The molecule has 0 fully saturated rings. The van der Waals surface area contributed by atoms with Gasteiger partial charge in [-0.25, -0.2) is 4.79 Å². The Balaban J connectivity index is 2.74. The van der Waals surface area contributed by atoms with Crippen LogP contribution in [0.2, 0.25) is 0 Å². The van der Waals surface area contributed by atoms with Gasteiger partial charge < -0.3 is 18.8 Å². The van der Waals surface area contributed by atoms with E-state index in [-0.39, 0.29) is 5.97 Å². The molecule has 0 aliphatic rings. The van der Waals surface area contributed by atoms with Crippen molar-refractivity contribution in [1.82, 2.24) is 4.57 Å². The molecule has 0 amide bonds. The van der Waals surface area contributed by atoms with Gasteiger partial charge in [0.25, 0.3) is 0 Å². The molecule has 0 spiro atoms. The largest absolute Gasteiger partial charge is 0.496 e. The summed E-state index contributed by atoms with van der Waals surface area (Å²) >= 11 is 3.55. The lowest BCUT2D eigenvalue weighted by Crippen LogP contribution is -2.11. The van der Waals surface area contributed by atoms with Crippen LogP contribution in [0.5, 0.6) is 5.75 Å². The molecule has 0 saturated heterocycles. The van der Waals surface area contributed by atoms with Gasteiger partial charge in [0, 0.05) is 18.5 Å². The lowest BCUT2D eigenvalue weighted by molar-refractivity contribution is 0.0520. The molecule has 25 heavy (non-hydrogen) atoms. The number of unbranched alkanes of at least 4 members (excludes halogenated alkanes) is 1. The smallest absolute Gasteiger partial charge is 0.340 e. The van der Waals surface area contributed by atoms with Crippen LogP contribution >= 0.6 is 15.9 Å². The number of nitrogens with zero attached hydrogens (tertiary/aromatic N) is 1. The maximum absolute atomic E-state index is 12.7. The number of methoxy groups -OCH3 is 1. The van der Waals surface area contributed by atoms with Gasteiger partial charge in [0.05, 0.1) is 41.6 Å². The summed E-state index contributed by atoms with van der Waals surface area (Å²) < 4.78 is 19.4. The van der Waals surface area contributed by atoms with Crippen molar-refractivity contribution in [2.75, 3.05) is 20.3 Å². The van der Waals surface area contributed by atoms with E-state index >= 15 is 0 Å². The molecule has 1 aromatic heterocycles. The lowest BCUT2D eigenvalue weighted by atomic mass is 10.1. The van der Waals surface area contributed by atoms with Crippen LogP contribution in [0.4, 0.5) is 0 Å². The van der Waals surface area contributed by atoms with Crippen LogP contribution in [0.3, 0.4) is 0 Å². The summed E-state index contributed by atoms with van der Waals surface area (Å²) in [6.07, 6.45) is 2.09. The average molecular weight is 412 g/mol. The number of fused-ring (bicyclic) bond motifs is 1. The third-order valence-electron chi connectivity index (χ3n) is 4.10. The van der Waals surface area contributed by atoms with Gasteiger partial charge in [-0.1, -0.05) is 13.3 Å². The Morgan fingerprint density at radius 2 is 1.96 bits per heavy atom. The summed E-state index contributed by atoms with van der Waals surface area (Å²) in [4.78, 5) is 12.7. The zero-order valence-electron chi connectivity index (χ0n) is 15.4. The zero-order valence-corrected chi connectivity index (χ0v) is 16.9. The number of hydrogen-bond donors (Lipinski definition) is 0. The fourth-order valence-electron chi connectivity index (χ4n) is 2.91. The van der Waals surface area contributed by atoms with Crippen LogP contribution < -0.4 is 4.74 Å². The third kappa shape index (κ3) is 4.18. The molecule has 138 valence electrons. The van der Waals surface area contributed by atoms with Crippen LogP contribution in [0.1, 0.15) is 49.7 Å². The summed E-state index contributed by atoms with van der Waals surface area (Å²) in [6, 6.07) is 3.89.